The Hall–Kier alpha value is -2.34. The number of carbonyl (C=O) groups is 2. The van der Waals surface area contributed by atoms with Crippen molar-refractivity contribution in [1.82, 2.24) is 10.2 Å². The third-order valence-electron chi connectivity index (χ3n) is 4.42. The topological polar surface area (TPSA) is 58.6 Å². The van der Waals surface area contributed by atoms with Gasteiger partial charge in [0.2, 0.25) is 0 Å². The number of amides is 2. The molecule has 0 aromatic heterocycles. The van der Waals surface area contributed by atoms with Crippen molar-refractivity contribution in [3.63, 3.8) is 0 Å². The van der Waals surface area contributed by atoms with Gasteiger partial charge in [-0.1, -0.05) is 42.5 Å². The highest BCUT2D eigenvalue weighted by Crippen LogP contribution is 2.20. The van der Waals surface area contributed by atoms with E-state index in [4.69, 9.17) is 4.74 Å². The normalized spacial score (nSPS) is 14.7. The second-order valence-corrected chi connectivity index (χ2v) is 7.11. The molecule has 0 bridgehead atoms. The molecule has 0 atom stereocenters. The fraction of sp³-hybridized carbons (Fsp3) is 0.300. The molecule has 1 aliphatic heterocycles. The fourth-order valence-corrected chi connectivity index (χ4v) is 3.42. The summed E-state index contributed by atoms with van der Waals surface area (Å²) < 4.78 is 6.05. The van der Waals surface area contributed by atoms with Gasteiger partial charge in [0.05, 0.1) is 5.56 Å². The van der Waals surface area contributed by atoms with E-state index in [0.29, 0.717) is 18.7 Å². The van der Waals surface area contributed by atoms with Crippen molar-refractivity contribution < 1.29 is 14.3 Å². The van der Waals surface area contributed by atoms with Crippen LogP contribution in [0.15, 0.2) is 59.1 Å². The van der Waals surface area contributed by atoms with Crippen molar-refractivity contribution in [1.29, 1.82) is 0 Å². The monoisotopic (exact) mass is 416 g/mol. The van der Waals surface area contributed by atoms with E-state index < -0.39 is 6.09 Å². The summed E-state index contributed by atoms with van der Waals surface area (Å²) in [6.07, 6.45) is 1.03. The van der Waals surface area contributed by atoms with E-state index in [0.717, 1.165) is 22.9 Å². The summed E-state index contributed by atoms with van der Waals surface area (Å²) in [6.45, 7) is 1.49. The smallest absolute Gasteiger partial charge is 0.407 e. The predicted octanol–water partition coefficient (Wildman–Crippen LogP) is 3.98. The summed E-state index contributed by atoms with van der Waals surface area (Å²) in [7, 11) is 0. The Morgan fingerprint density at radius 3 is 2.38 bits per heavy atom. The van der Waals surface area contributed by atoms with Crippen LogP contribution in [0.1, 0.15) is 28.8 Å². The molecule has 2 aromatic carbocycles. The van der Waals surface area contributed by atoms with Gasteiger partial charge in [0.25, 0.3) is 5.91 Å². The summed E-state index contributed by atoms with van der Waals surface area (Å²) in [5.74, 6) is 0.0163. The number of ether oxygens (including phenoxy) is 1. The summed E-state index contributed by atoms with van der Waals surface area (Å²) in [4.78, 5) is 26.4. The number of nitrogens with one attached hydrogen (secondary N) is 1. The van der Waals surface area contributed by atoms with Crippen LogP contribution in [0.2, 0.25) is 0 Å². The third-order valence-corrected chi connectivity index (χ3v) is 5.11. The van der Waals surface area contributed by atoms with Crippen LogP contribution in [0.25, 0.3) is 0 Å². The van der Waals surface area contributed by atoms with Gasteiger partial charge >= 0.3 is 6.09 Å². The first kappa shape index (κ1) is 18.5. The minimum absolute atomic E-state index is 0.0163. The highest BCUT2D eigenvalue weighted by molar-refractivity contribution is 9.10. The Morgan fingerprint density at radius 2 is 1.69 bits per heavy atom. The molecule has 0 aliphatic carbocycles. The van der Waals surface area contributed by atoms with Gasteiger partial charge < -0.3 is 15.0 Å². The highest BCUT2D eigenvalue weighted by Gasteiger charge is 2.25. The van der Waals surface area contributed by atoms with E-state index in [2.05, 4.69) is 21.2 Å². The van der Waals surface area contributed by atoms with Gasteiger partial charge in [-0.2, -0.15) is 0 Å². The van der Waals surface area contributed by atoms with E-state index in [1.165, 1.54) is 0 Å². The first-order valence-corrected chi connectivity index (χ1v) is 9.44. The predicted molar refractivity (Wildman–Crippen MR) is 103 cm³/mol. The molecule has 0 unspecified atom stereocenters. The van der Waals surface area contributed by atoms with Gasteiger partial charge in [0.15, 0.2) is 0 Å². The Balaban J connectivity index is 1.44. The lowest BCUT2D eigenvalue weighted by Crippen LogP contribution is -2.46. The average molecular weight is 417 g/mol. The van der Waals surface area contributed by atoms with Gasteiger partial charge in [-0.05, 0) is 46.5 Å². The van der Waals surface area contributed by atoms with Crippen LogP contribution in [0.5, 0.6) is 0 Å². The molecule has 1 heterocycles. The number of carbonyl (C=O) groups excluding carboxylic acids is 2. The Morgan fingerprint density at radius 1 is 1.04 bits per heavy atom. The number of rotatable bonds is 4. The largest absolute Gasteiger partial charge is 0.445 e. The van der Waals surface area contributed by atoms with E-state index in [1.54, 1.807) is 0 Å². The second-order valence-electron chi connectivity index (χ2n) is 6.25. The molecule has 136 valence electrons. The summed E-state index contributed by atoms with van der Waals surface area (Å²) in [5.41, 5.74) is 1.62. The molecule has 1 aliphatic rings. The van der Waals surface area contributed by atoms with Crippen LogP contribution in [0.4, 0.5) is 4.79 Å². The van der Waals surface area contributed by atoms with E-state index in [-0.39, 0.29) is 18.6 Å². The van der Waals surface area contributed by atoms with Crippen LogP contribution >= 0.6 is 15.9 Å². The van der Waals surface area contributed by atoms with Crippen molar-refractivity contribution in [2.24, 2.45) is 0 Å². The van der Waals surface area contributed by atoms with E-state index >= 15 is 0 Å². The summed E-state index contributed by atoms with van der Waals surface area (Å²) in [6, 6.07) is 17.0. The Labute approximate surface area is 161 Å². The highest BCUT2D eigenvalue weighted by atomic mass is 79.9. The number of piperidine rings is 1. The van der Waals surface area contributed by atoms with Crippen LogP contribution in [0.3, 0.4) is 0 Å². The van der Waals surface area contributed by atoms with Gasteiger partial charge in [-0.15, -0.1) is 0 Å². The van der Waals surface area contributed by atoms with Crippen LogP contribution in [-0.2, 0) is 11.3 Å². The van der Waals surface area contributed by atoms with Crippen molar-refractivity contribution in [3.8, 4) is 0 Å². The minimum Gasteiger partial charge on any atom is -0.445 e. The van der Waals surface area contributed by atoms with Crippen molar-refractivity contribution in [2.75, 3.05) is 13.1 Å². The van der Waals surface area contributed by atoms with Crippen LogP contribution in [-0.4, -0.2) is 36.0 Å². The minimum atomic E-state index is -0.413. The first-order valence-electron chi connectivity index (χ1n) is 8.64. The van der Waals surface area contributed by atoms with Crippen LogP contribution in [0, 0.1) is 0 Å². The molecule has 1 N–H and O–H groups in total. The van der Waals surface area contributed by atoms with Gasteiger partial charge in [-0.25, -0.2) is 4.79 Å². The zero-order valence-electron chi connectivity index (χ0n) is 14.4. The number of hydrogen-bond acceptors (Lipinski definition) is 3. The molecule has 26 heavy (non-hydrogen) atoms. The molecule has 5 nitrogen and oxygen atoms in total. The summed E-state index contributed by atoms with van der Waals surface area (Å²) in [5, 5.41) is 2.89. The molecule has 2 amide bonds. The molecule has 0 radical (unpaired) electrons. The van der Waals surface area contributed by atoms with E-state index in [9.17, 15) is 9.59 Å². The number of alkyl carbamates (subject to hydrolysis) is 1. The zero-order chi connectivity index (χ0) is 18.4. The average Bonchev–Trinajstić information content (AvgIpc) is 2.68. The number of hydrogen-bond donors (Lipinski definition) is 1. The number of benzene rings is 2. The maximum atomic E-state index is 12.6. The Kier molecular flexibility index (Phi) is 6.28. The second kappa shape index (κ2) is 8.85. The standard InChI is InChI=1S/C20H21BrN2O3/c21-18-9-5-4-8-17(18)19(24)23-12-10-16(11-13-23)22-20(25)26-14-15-6-2-1-3-7-15/h1-9,16H,10-14H2,(H,22,25). The van der Waals surface area contributed by atoms with Gasteiger partial charge in [0, 0.05) is 23.6 Å². The lowest BCUT2D eigenvalue weighted by atomic mass is 10.0. The van der Waals surface area contributed by atoms with Gasteiger partial charge in [-0.3, -0.25) is 4.79 Å². The van der Waals surface area contributed by atoms with Gasteiger partial charge in [0.1, 0.15) is 6.61 Å². The number of likely N-dealkylation sites (tertiary alicyclic amines) is 1. The molecule has 3 rings (SSSR count). The summed E-state index contributed by atoms with van der Waals surface area (Å²) >= 11 is 3.42. The molecule has 1 saturated heterocycles. The quantitative estimate of drug-likeness (QED) is 0.819. The Bertz CT molecular complexity index is 759. The van der Waals surface area contributed by atoms with Crippen molar-refractivity contribution in [2.45, 2.75) is 25.5 Å². The maximum Gasteiger partial charge on any atom is 0.407 e. The zero-order valence-corrected chi connectivity index (χ0v) is 15.9. The van der Waals surface area contributed by atoms with Crippen molar-refractivity contribution >= 4 is 27.9 Å². The molecule has 2 aromatic rings. The van der Waals surface area contributed by atoms with Crippen LogP contribution < -0.4 is 5.32 Å². The van der Waals surface area contributed by atoms with E-state index in [1.807, 2.05) is 59.5 Å². The SMILES string of the molecule is O=C(NC1CCN(C(=O)c2ccccc2Br)CC1)OCc1ccccc1. The lowest BCUT2D eigenvalue weighted by Gasteiger charge is -2.32. The third kappa shape index (κ3) is 4.85. The molecular weight excluding hydrogens is 396 g/mol. The number of halogens is 1. The lowest BCUT2D eigenvalue weighted by molar-refractivity contribution is 0.0700. The van der Waals surface area contributed by atoms with Crippen molar-refractivity contribution in [3.05, 3.63) is 70.2 Å². The molecule has 1 fully saturated rings. The molecule has 0 saturated carbocycles. The molecule has 0 spiro atoms. The first-order chi connectivity index (χ1) is 12.6. The number of nitrogens with zero attached hydrogens (tertiary/aromatic N) is 1. The molecule has 6 heteroatoms. The maximum absolute atomic E-state index is 12.6. The molecular formula is C20H21BrN2O3. The fourth-order valence-electron chi connectivity index (χ4n) is 2.96.